The van der Waals surface area contributed by atoms with Crippen LogP contribution >= 0.6 is 15.9 Å². The summed E-state index contributed by atoms with van der Waals surface area (Å²) in [5.74, 6) is 0. The Balaban J connectivity index is 2.11. The molecule has 1 aromatic rings. The van der Waals surface area contributed by atoms with Crippen LogP contribution in [-0.2, 0) is 6.54 Å². The maximum absolute atomic E-state index is 9.26. The average Bonchev–Trinajstić information content (AvgIpc) is 2.72. The molecule has 0 radical (unpaired) electrons. The van der Waals surface area contributed by atoms with Gasteiger partial charge in [-0.3, -0.25) is 4.90 Å². The first-order valence-corrected chi connectivity index (χ1v) is 6.39. The van der Waals surface area contributed by atoms with Crippen LogP contribution in [0, 0.1) is 0 Å². The standard InChI is InChI=1S/C12H17BrN2O/c13-12-9(3-1-5-11(12)14)7-15-6-2-4-10(15)8-16/h1,3,5,10,16H,2,4,6-8,14H2. The average molecular weight is 285 g/mol. The van der Waals surface area contributed by atoms with Gasteiger partial charge in [-0.15, -0.1) is 0 Å². The van der Waals surface area contributed by atoms with Crippen LogP contribution in [0.3, 0.4) is 0 Å². The molecule has 16 heavy (non-hydrogen) atoms. The summed E-state index contributed by atoms with van der Waals surface area (Å²) in [6.07, 6.45) is 2.27. The molecular weight excluding hydrogens is 268 g/mol. The van der Waals surface area contributed by atoms with E-state index in [0.29, 0.717) is 6.04 Å². The van der Waals surface area contributed by atoms with E-state index < -0.39 is 0 Å². The van der Waals surface area contributed by atoms with Crippen molar-refractivity contribution in [1.82, 2.24) is 4.90 Å². The molecule has 0 amide bonds. The Morgan fingerprint density at radius 2 is 2.31 bits per heavy atom. The van der Waals surface area contributed by atoms with E-state index in [2.05, 4.69) is 26.9 Å². The van der Waals surface area contributed by atoms with Crippen molar-refractivity contribution in [3.8, 4) is 0 Å². The molecule has 1 heterocycles. The van der Waals surface area contributed by atoms with Crippen molar-refractivity contribution in [2.24, 2.45) is 0 Å². The second-order valence-electron chi connectivity index (χ2n) is 4.27. The van der Waals surface area contributed by atoms with Crippen LogP contribution in [-0.4, -0.2) is 29.2 Å². The molecule has 2 rings (SSSR count). The lowest BCUT2D eigenvalue weighted by Gasteiger charge is -2.23. The van der Waals surface area contributed by atoms with E-state index in [0.717, 1.165) is 29.7 Å². The van der Waals surface area contributed by atoms with E-state index in [4.69, 9.17) is 5.73 Å². The highest BCUT2D eigenvalue weighted by Crippen LogP contribution is 2.27. The third kappa shape index (κ3) is 2.39. The van der Waals surface area contributed by atoms with Gasteiger partial charge in [0.05, 0.1) is 6.61 Å². The van der Waals surface area contributed by atoms with E-state index in [1.807, 2.05) is 12.1 Å². The fourth-order valence-electron chi connectivity index (χ4n) is 2.25. The number of benzene rings is 1. The summed E-state index contributed by atoms with van der Waals surface area (Å²) in [6, 6.07) is 6.25. The van der Waals surface area contributed by atoms with Crippen molar-refractivity contribution in [2.75, 3.05) is 18.9 Å². The highest BCUT2D eigenvalue weighted by atomic mass is 79.9. The lowest BCUT2D eigenvalue weighted by Crippen LogP contribution is -2.31. The van der Waals surface area contributed by atoms with E-state index >= 15 is 0 Å². The zero-order chi connectivity index (χ0) is 11.5. The summed E-state index contributed by atoms with van der Waals surface area (Å²) in [6.45, 7) is 2.17. The van der Waals surface area contributed by atoms with Crippen LogP contribution in [0.25, 0.3) is 0 Å². The Labute approximate surface area is 104 Å². The maximum atomic E-state index is 9.26. The van der Waals surface area contributed by atoms with E-state index in [9.17, 15) is 5.11 Å². The van der Waals surface area contributed by atoms with Crippen molar-refractivity contribution in [1.29, 1.82) is 0 Å². The summed E-state index contributed by atoms with van der Waals surface area (Å²) >= 11 is 3.52. The molecule has 3 N–H and O–H groups in total. The highest BCUT2D eigenvalue weighted by Gasteiger charge is 2.24. The van der Waals surface area contributed by atoms with Gasteiger partial charge in [-0.05, 0) is 46.9 Å². The van der Waals surface area contributed by atoms with Gasteiger partial charge in [0.15, 0.2) is 0 Å². The Hall–Kier alpha value is -0.580. The van der Waals surface area contributed by atoms with Gasteiger partial charge in [0.2, 0.25) is 0 Å². The van der Waals surface area contributed by atoms with Gasteiger partial charge in [0, 0.05) is 22.7 Å². The fourth-order valence-corrected chi connectivity index (χ4v) is 2.64. The third-order valence-corrected chi connectivity index (χ3v) is 4.16. The van der Waals surface area contributed by atoms with Crippen molar-refractivity contribution >= 4 is 21.6 Å². The van der Waals surface area contributed by atoms with Gasteiger partial charge < -0.3 is 10.8 Å². The largest absolute Gasteiger partial charge is 0.398 e. The minimum absolute atomic E-state index is 0.250. The molecule has 1 aromatic carbocycles. The second-order valence-corrected chi connectivity index (χ2v) is 5.06. The van der Waals surface area contributed by atoms with Crippen molar-refractivity contribution in [2.45, 2.75) is 25.4 Å². The van der Waals surface area contributed by atoms with Crippen LogP contribution in [0.2, 0.25) is 0 Å². The first-order valence-electron chi connectivity index (χ1n) is 5.60. The summed E-state index contributed by atoms with van der Waals surface area (Å²) in [4.78, 5) is 2.32. The Bertz CT molecular complexity index is 370. The molecule has 0 bridgehead atoms. The molecule has 1 aliphatic heterocycles. The predicted octanol–water partition coefficient (Wildman–Crippen LogP) is 1.99. The second kappa shape index (κ2) is 5.17. The summed E-state index contributed by atoms with van der Waals surface area (Å²) in [5, 5.41) is 9.26. The van der Waals surface area contributed by atoms with Crippen LogP contribution in [0.15, 0.2) is 22.7 Å². The molecule has 0 spiro atoms. The summed E-state index contributed by atoms with van der Waals surface area (Å²) < 4.78 is 0.985. The van der Waals surface area contributed by atoms with Gasteiger partial charge in [0.25, 0.3) is 0 Å². The van der Waals surface area contributed by atoms with E-state index in [-0.39, 0.29) is 6.61 Å². The number of hydrogen-bond acceptors (Lipinski definition) is 3. The lowest BCUT2D eigenvalue weighted by atomic mass is 10.1. The van der Waals surface area contributed by atoms with Gasteiger partial charge in [-0.2, -0.15) is 0 Å². The molecular formula is C12H17BrN2O. The number of halogens is 1. The summed E-state index contributed by atoms with van der Waals surface area (Å²) in [7, 11) is 0. The highest BCUT2D eigenvalue weighted by molar-refractivity contribution is 9.10. The van der Waals surface area contributed by atoms with Crippen molar-refractivity contribution in [3.05, 3.63) is 28.2 Å². The van der Waals surface area contributed by atoms with Crippen LogP contribution in [0.5, 0.6) is 0 Å². The van der Waals surface area contributed by atoms with Gasteiger partial charge in [0.1, 0.15) is 0 Å². The maximum Gasteiger partial charge on any atom is 0.0587 e. The minimum atomic E-state index is 0.250. The Morgan fingerprint density at radius 3 is 3.06 bits per heavy atom. The van der Waals surface area contributed by atoms with Crippen LogP contribution in [0.4, 0.5) is 5.69 Å². The molecule has 1 unspecified atom stereocenters. The Morgan fingerprint density at radius 1 is 1.50 bits per heavy atom. The third-order valence-electron chi connectivity index (χ3n) is 3.19. The van der Waals surface area contributed by atoms with Crippen LogP contribution < -0.4 is 5.73 Å². The van der Waals surface area contributed by atoms with E-state index in [1.165, 1.54) is 12.0 Å². The zero-order valence-electron chi connectivity index (χ0n) is 9.19. The number of aliphatic hydroxyl groups excluding tert-OH is 1. The van der Waals surface area contributed by atoms with Crippen molar-refractivity contribution in [3.63, 3.8) is 0 Å². The van der Waals surface area contributed by atoms with Crippen molar-refractivity contribution < 1.29 is 5.11 Å². The minimum Gasteiger partial charge on any atom is -0.398 e. The predicted molar refractivity (Wildman–Crippen MR) is 69.1 cm³/mol. The lowest BCUT2D eigenvalue weighted by molar-refractivity contribution is 0.153. The molecule has 1 aliphatic rings. The Kier molecular flexibility index (Phi) is 3.84. The van der Waals surface area contributed by atoms with Gasteiger partial charge in [-0.25, -0.2) is 0 Å². The fraction of sp³-hybridized carbons (Fsp3) is 0.500. The molecule has 1 atom stereocenters. The van der Waals surface area contributed by atoms with Gasteiger partial charge >= 0.3 is 0 Å². The normalized spacial score (nSPS) is 21.5. The number of nitrogens with two attached hydrogens (primary N) is 1. The number of likely N-dealkylation sites (tertiary alicyclic amines) is 1. The molecule has 4 heteroatoms. The number of aliphatic hydroxyl groups is 1. The summed E-state index contributed by atoms with van der Waals surface area (Å²) in [5.41, 5.74) is 7.82. The number of hydrogen-bond donors (Lipinski definition) is 2. The monoisotopic (exact) mass is 284 g/mol. The molecule has 3 nitrogen and oxygen atoms in total. The molecule has 0 saturated carbocycles. The number of anilines is 1. The smallest absolute Gasteiger partial charge is 0.0587 e. The SMILES string of the molecule is Nc1cccc(CN2CCCC2CO)c1Br. The quantitative estimate of drug-likeness (QED) is 0.835. The first-order chi connectivity index (χ1) is 7.72. The zero-order valence-corrected chi connectivity index (χ0v) is 10.8. The van der Waals surface area contributed by atoms with E-state index in [1.54, 1.807) is 0 Å². The molecule has 0 aliphatic carbocycles. The number of nitrogens with zero attached hydrogens (tertiary/aromatic N) is 1. The van der Waals surface area contributed by atoms with Crippen LogP contribution in [0.1, 0.15) is 18.4 Å². The number of rotatable bonds is 3. The topological polar surface area (TPSA) is 49.5 Å². The number of nitrogen functional groups attached to an aromatic ring is 1. The van der Waals surface area contributed by atoms with Gasteiger partial charge in [-0.1, -0.05) is 12.1 Å². The molecule has 88 valence electrons. The molecule has 1 saturated heterocycles. The first kappa shape index (κ1) is 11.9. The molecule has 1 fully saturated rings. The molecule has 0 aromatic heterocycles.